The molecule has 2 rings (SSSR count). The topological polar surface area (TPSA) is 55.4 Å². The monoisotopic (exact) mass is 339 g/mol. The van der Waals surface area contributed by atoms with Crippen LogP contribution >= 0.6 is 0 Å². The molecule has 4 heteroatoms. The minimum absolute atomic E-state index is 0.0816. The average Bonchev–Trinajstić information content (AvgIpc) is 2.59. The summed E-state index contributed by atoms with van der Waals surface area (Å²) in [5, 5.41) is 2.82. The molecule has 0 unspecified atom stereocenters. The first kappa shape index (κ1) is 18.7. The van der Waals surface area contributed by atoms with Crippen molar-refractivity contribution in [3.63, 3.8) is 0 Å². The lowest BCUT2D eigenvalue weighted by Crippen LogP contribution is -2.13. The molecule has 0 atom stereocenters. The Morgan fingerprint density at radius 1 is 1.04 bits per heavy atom. The van der Waals surface area contributed by atoms with E-state index < -0.39 is 5.97 Å². The maximum atomic E-state index is 12.1. The zero-order chi connectivity index (χ0) is 18.4. The number of anilines is 1. The molecular weight excluding hydrogens is 314 g/mol. The Labute approximate surface area is 149 Å². The zero-order valence-corrected chi connectivity index (χ0v) is 15.3. The molecule has 132 valence electrons. The van der Waals surface area contributed by atoms with E-state index in [0.29, 0.717) is 24.1 Å². The first-order valence-corrected chi connectivity index (χ1v) is 8.37. The van der Waals surface area contributed by atoms with Crippen LogP contribution in [0.5, 0.6) is 0 Å². The van der Waals surface area contributed by atoms with Gasteiger partial charge in [-0.2, -0.15) is 0 Å². The second kappa shape index (κ2) is 7.97. The van der Waals surface area contributed by atoms with Crippen LogP contribution in [0.15, 0.2) is 48.5 Å². The standard InChI is InChI=1S/C21H25NO3/c1-21(2,3)17-11-8-15(9-12-17)10-13-19(23)22-18-7-5-6-16(14-18)20(24)25-4/h5-9,11-12,14H,10,13H2,1-4H3,(H,22,23). The summed E-state index contributed by atoms with van der Waals surface area (Å²) in [6.45, 7) is 6.54. The van der Waals surface area contributed by atoms with Gasteiger partial charge < -0.3 is 10.1 Å². The Morgan fingerprint density at radius 2 is 1.72 bits per heavy atom. The number of benzene rings is 2. The van der Waals surface area contributed by atoms with E-state index >= 15 is 0 Å². The van der Waals surface area contributed by atoms with Crippen molar-refractivity contribution in [2.24, 2.45) is 0 Å². The number of carbonyl (C=O) groups excluding carboxylic acids is 2. The van der Waals surface area contributed by atoms with E-state index in [1.165, 1.54) is 12.7 Å². The second-order valence-corrected chi connectivity index (χ2v) is 7.07. The lowest BCUT2D eigenvalue weighted by molar-refractivity contribution is -0.116. The summed E-state index contributed by atoms with van der Waals surface area (Å²) >= 11 is 0. The molecule has 2 aromatic rings. The number of esters is 1. The third kappa shape index (κ3) is 5.45. The maximum absolute atomic E-state index is 12.1. The van der Waals surface area contributed by atoms with Crippen LogP contribution in [-0.2, 0) is 21.4 Å². The summed E-state index contributed by atoms with van der Waals surface area (Å²) in [6.07, 6.45) is 1.06. The molecule has 0 aromatic heterocycles. The predicted molar refractivity (Wildman–Crippen MR) is 99.9 cm³/mol. The Morgan fingerprint density at radius 3 is 2.32 bits per heavy atom. The van der Waals surface area contributed by atoms with E-state index in [9.17, 15) is 9.59 Å². The Bertz CT molecular complexity index is 742. The van der Waals surface area contributed by atoms with Crippen molar-refractivity contribution in [1.29, 1.82) is 0 Å². The first-order valence-electron chi connectivity index (χ1n) is 8.37. The number of methoxy groups -OCH3 is 1. The number of carbonyl (C=O) groups is 2. The van der Waals surface area contributed by atoms with E-state index in [1.807, 2.05) is 0 Å². The fraction of sp³-hybridized carbons (Fsp3) is 0.333. The van der Waals surface area contributed by atoms with Gasteiger partial charge in [-0.15, -0.1) is 0 Å². The molecule has 0 saturated carbocycles. The molecule has 0 aliphatic carbocycles. The molecule has 0 fully saturated rings. The number of hydrogen-bond donors (Lipinski definition) is 1. The Kier molecular flexibility index (Phi) is 5.97. The zero-order valence-electron chi connectivity index (χ0n) is 15.3. The van der Waals surface area contributed by atoms with Crippen LogP contribution in [-0.4, -0.2) is 19.0 Å². The molecule has 4 nitrogen and oxygen atoms in total. The highest BCUT2D eigenvalue weighted by atomic mass is 16.5. The van der Waals surface area contributed by atoms with Gasteiger partial charge in [-0.3, -0.25) is 4.79 Å². The summed E-state index contributed by atoms with van der Waals surface area (Å²) in [4.78, 5) is 23.7. The Balaban J connectivity index is 1.92. The number of aryl methyl sites for hydroxylation is 1. The molecule has 25 heavy (non-hydrogen) atoms. The summed E-state index contributed by atoms with van der Waals surface area (Å²) in [7, 11) is 1.33. The normalized spacial score (nSPS) is 11.0. The van der Waals surface area contributed by atoms with Gasteiger partial charge in [0.25, 0.3) is 0 Å². The van der Waals surface area contributed by atoms with Gasteiger partial charge in [0.1, 0.15) is 0 Å². The van der Waals surface area contributed by atoms with Gasteiger partial charge in [-0.1, -0.05) is 51.1 Å². The van der Waals surface area contributed by atoms with Crippen LogP contribution in [0.4, 0.5) is 5.69 Å². The first-order chi connectivity index (χ1) is 11.8. The number of hydrogen-bond acceptors (Lipinski definition) is 3. The molecule has 0 radical (unpaired) electrons. The molecular formula is C21H25NO3. The number of ether oxygens (including phenoxy) is 1. The lowest BCUT2D eigenvalue weighted by Gasteiger charge is -2.19. The van der Waals surface area contributed by atoms with Crippen LogP contribution in [0.1, 0.15) is 48.7 Å². The molecule has 0 aliphatic rings. The maximum Gasteiger partial charge on any atom is 0.337 e. The van der Waals surface area contributed by atoms with Crippen LogP contribution in [0, 0.1) is 0 Å². The van der Waals surface area contributed by atoms with Crippen molar-refractivity contribution < 1.29 is 14.3 Å². The van der Waals surface area contributed by atoms with E-state index in [0.717, 1.165) is 5.56 Å². The molecule has 1 N–H and O–H groups in total. The number of amides is 1. The van der Waals surface area contributed by atoms with Gasteiger partial charge in [0.2, 0.25) is 5.91 Å². The quantitative estimate of drug-likeness (QED) is 0.824. The van der Waals surface area contributed by atoms with Crippen molar-refractivity contribution in [3.05, 3.63) is 65.2 Å². The largest absolute Gasteiger partial charge is 0.465 e. The fourth-order valence-electron chi connectivity index (χ4n) is 2.49. The SMILES string of the molecule is COC(=O)c1cccc(NC(=O)CCc2ccc(C(C)(C)C)cc2)c1. The van der Waals surface area contributed by atoms with Gasteiger partial charge in [-0.25, -0.2) is 4.79 Å². The number of rotatable bonds is 5. The highest BCUT2D eigenvalue weighted by Crippen LogP contribution is 2.22. The van der Waals surface area contributed by atoms with Gasteiger partial charge in [0.15, 0.2) is 0 Å². The van der Waals surface area contributed by atoms with Gasteiger partial charge in [0.05, 0.1) is 12.7 Å². The molecule has 0 heterocycles. The van der Waals surface area contributed by atoms with Gasteiger partial charge in [0, 0.05) is 12.1 Å². The molecule has 0 bridgehead atoms. The molecule has 1 amide bonds. The van der Waals surface area contributed by atoms with Crippen LogP contribution in [0.2, 0.25) is 0 Å². The average molecular weight is 339 g/mol. The summed E-state index contributed by atoms with van der Waals surface area (Å²) in [6, 6.07) is 15.1. The van der Waals surface area contributed by atoms with Crippen LogP contribution in [0.3, 0.4) is 0 Å². The van der Waals surface area contributed by atoms with Crippen LogP contribution in [0.25, 0.3) is 0 Å². The second-order valence-electron chi connectivity index (χ2n) is 7.07. The molecule has 2 aromatic carbocycles. The van der Waals surface area contributed by atoms with Gasteiger partial charge in [-0.05, 0) is 41.2 Å². The summed E-state index contributed by atoms with van der Waals surface area (Å²) in [5.41, 5.74) is 3.54. The Hall–Kier alpha value is -2.62. The summed E-state index contributed by atoms with van der Waals surface area (Å²) < 4.78 is 4.68. The van der Waals surface area contributed by atoms with Crippen LogP contribution < -0.4 is 5.32 Å². The third-order valence-corrected chi connectivity index (χ3v) is 4.03. The highest BCUT2D eigenvalue weighted by molar-refractivity contribution is 5.94. The predicted octanol–water partition coefficient (Wildman–Crippen LogP) is 4.34. The van der Waals surface area contributed by atoms with E-state index in [-0.39, 0.29) is 11.3 Å². The van der Waals surface area contributed by atoms with Crippen molar-refractivity contribution in [3.8, 4) is 0 Å². The molecule has 0 spiro atoms. The summed E-state index contributed by atoms with van der Waals surface area (Å²) in [5.74, 6) is -0.503. The fourth-order valence-corrected chi connectivity index (χ4v) is 2.49. The highest BCUT2D eigenvalue weighted by Gasteiger charge is 2.13. The van der Waals surface area contributed by atoms with Crippen molar-refractivity contribution in [1.82, 2.24) is 0 Å². The lowest BCUT2D eigenvalue weighted by atomic mass is 9.86. The van der Waals surface area contributed by atoms with Crippen molar-refractivity contribution in [2.75, 3.05) is 12.4 Å². The van der Waals surface area contributed by atoms with E-state index in [2.05, 4.69) is 55.1 Å². The minimum atomic E-state index is -0.421. The number of nitrogens with one attached hydrogen (secondary N) is 1. The smallest absolute Gasteiger partial charge is 0.337 e. The molecule has 0 saturated heterocycles. The van der Waals surface area contributed by atoms with E-state index in [4.69, 9.17) is 0 Å². The molecule has 0 aliphatic heterocycles. The minimum Gasteiger partial charge on any atom is -0.465 e. The third-order valence-electron chi connectivity index (χ3n) is 4.03. The van der Waals surface area contributed by atoms with Crippen molar-refractivity contribution >= 4 is 17.6 Å². The van der Waals surface area contributed by atoms with Crippen molar-refractivity contribution in [2.45, 2.75) is 39.0 Å². The van der Waals surface area contributed by atoms with Gasteiger partial charge >= 0.3 is 5.97 Å². The van der Waals surface area contributed by atoms with E-state index in [1.54, 1.807) is 24.3 Å².